The molecule has 0 saturated carbocycles. The molecular formula is C14H20N2O6S2. The zero-order valence-electron chi connectivity index (χ0n) is 13.4. The maximum atomic E-state index is 12.6. The topological polar surface area (TPSA) is 112 Å². The summed E-state index contributed by atoms with van der Waals surface area (Å²) in [6, 6.07) is 4.94. The van der Waals surface area contributed by atoms with E-state index >= 15 is 0 Å². The molecule has 0 spiro atoms. The van der Waals surface area contributed by atoms with E-state index in [0.29, 0.717) is 12.8 Å². The molecule has 134 valence electrons. The molecular weight excluding hydrogens is 356 g/mol. The Morgan fingerprint density at radius 2 is 1.67 bits per heavy atom. The van der Waals surface area contributed by atoms with E-state index in [-0.39, 0.29) is 22.9 Å². The number of benzene rings is 1. The minimum absolute atomic E-state index is 0.00601. The van der Waals surface area contributed by atoms with E-state index in [1.165, 1.54) is 38.4 Å². The summed E-state index contributed by atoms with van der Waals surface area (Å²) < 4.78 is 51.5. The first-order valence-electron chi connectivity index (χ1n) is 7.32. The number of hydrogen-bond acceptors (Lipinski definition) is 5. The molecule has 0 amide bonds. The summed E-state index contributed by atoms with van der Waals surface area (Å²) in [5, 5.41) is 9.08. The SMILES string of the molecule is CN(C)S(=O)(=O)c1ccc(S(=O)(=O)N2CCCC(C(=O)O)C2)cc1. The first kappa shape index (κ1) is 18.8. The Bertz CT molecular complexity index is 815. The van der Waals surface area contributed by atoms with Crippen molar-refractivity contribution in [1.29, 1.82) is 0 Å². The fourth-order valence-electron chi connectivity index (χ4n) is 2.51. The van der Waals surface area contributed by atoms with Crippen LogP contribution >= 0.6 is 0 Å². The predicted octanol–water partition coefficient (Wildman–Crippen LogP) is 0.422. The van der Waals surface area contributed by atoms with Gasteiger partial charge in [0.05, 0.1) is 15.7 Å². The lowest BCUT2D eigenvalue weighted by molar-refractivity contribution is -0.142. The van der Waals surface area contributed by atoms with Crippen LogP contribution in [0.25, 0.3) is 0 Å². The summed E-state index contributed by atoms with van der Waals surface area (Å²) >= 11 is 0. The second-order valence-electron chi connectivity index (χ2n) is 5.80. The molecule has 1 saturated heterocycles. The van der Waals surface area contributed by atoms with Crippen LogP contribution in [0.4, 0.5) is 0 Å². The lowest BCUT2D eigenvalue weighted by atomic mass is 10.0. The summed E-state index contributed by atoms with van der Waals surface area (Å²) in [5.74, 6) is -1.73. The van der Waals surface area contributed by atoms with Crippen molar-refractivity contribution < 1.29 is 26.7 Å². The van der Waals surface area contributed by atoms with Gasteiger partial charge in [-0.25, -0.2) is 21.1 Å². The minimum Gasteiger partial charge on any atom is -0.481 e. The van der Waals surface area contributed by atoms with Crippen LogP contribution < -0.4 is 0 Å². The minimum atomic E-state index is -3.85. The van der Waals surface area contributed by atoms with Crippen LogP contribution in [0.15, 0.2) is 34.1 Å². The number of piperidine rings is 1. The largest absolute Gasteiger partial charge is 0.481 e. The van der Waals surface area contributed by atoms with Gasteiger partial charge in [-0.1, -0.05) is 0 Å². The molecule has 1 atom stereocenters. The highest BCUT2D eigenvalue weighted by Crippen LogP contribution is 2.25. The maximum absolute atomic E-state index is 12.6. The van der Waals surface area contributed by atoms with Gasteiger partial charge in [0, 0.05) is 27.2 Å². The first-order valence-corrected chi connectivity index (χ1v) is 10.2. The van der Waals surface area contributed by atoms with Crippen LogP contribution in [0.1, 0.15) is 12.8 Å². The molecule has 1 aliphatic rings. The van der Waals surface area contributed by atoms with Gasteiger partial charge in [0.2, 0.25) is 20.0 Å². The van der Waals surface area contributed by atoms with Gasteiger partial charge in [-0.3, -0.25) is 4.79 Å². The van der Waals surface area contributed by atoms with Gasteiger partial charge in [0.25, 0.3) is 0 Å². The third kappa shape index (κ3) is 3.61. The van der Waals surface area contributed by atoms with E-state index in [1.54, 1.807) is 0 Å². The van der Waals surface area contributed by atoms with Crippen molar-refractivity contribution >= 4 is 26.0 Å². The second kappa shape index (κ2) is 6.79. The van der Waals surface area contributed by atoms with E-state index in [1.807, 2.05) is 0 Å². The van der Waals surface area contributed by atoms with Gasteiger partial charge in [-0.15, -0.1) is 0 Å². The van der Waals surface area contributed by atoms with E-state index < -0.39 is 31.9 Å². The number of rotatable bonds is 5. The van der Waals surface area contributed by atoms with Crippen LogP contribution in [0.2, 0.25) is 0 Å². The normalized spacial score (nSPS) is 20.2. The molecule has 1 unspecified atom stereocenters. The summed E-state index contributed by atoms with van der Waals surface area (Å²) in [6.07, 6.45) is 0.921. The number of sulfonamides is 2. The van der Waals surface area contributed by atoms with E-state index in [2.05, 4.69) is 0 Å². The van der Waals surface area contributed by atoms with E-state index in [4.69, 9.17) is 5.11 Å². The van der Waals surface area contributed by atoms with Crippen LogP contribution in [-0.2, 0) is 24.8 Å². The van der Waals surface area contributed by atoms with Crippen molar-refractivity contribution in [2.45, 2.75) is 22.6 Å². The molecule has 1 aromatic carbocycles. The Morgan fingerprint density at radius 3 is 2.17 bits per heavy atom. The standard InChI is InChI=1S/C14H20N2O6S2/c1-15(2)23(19,20)12-5-7-13(8-6-12)24(21,22)16-9-3-4-11(10-16)14(17)18/h5-8,11H,3-4,9-10H2,1-2H3,(H,17,18). The molecule has 2 rings (SSSR count). The van der Waals surface area contributed by atoms with E-state index in [0.717, 1.165) is 8.61 Å². The summed E-state index contributed by atoms with van der Waals surface area (Å²) in [4.78, 5) is 11.0. The summed E-state index contributed by atoms with van der Waals surface area (Å²) in [5.41, 5.74) is 0. The zero-order chi connectivity index (χ0) is 18.1. The Kier molecular flexibility index (Phi) is 5.33. The molecule has 8 nitrogen and oxygen atoms in total. The second-order valence-corrected chi connectivity index (χ2v) is 9.89. The monoisotopic (exact) mass is 376 g/mol. The molecule has 1 aliphatic heterocycles. The predicted molar refractivity (Wildman–Crippen MR) is 86.4 cm³/mol. The molecule has 1 aromatic rings. The smallest absolute Gasteiger partial charge is 0.307 e. The highest BCUT2D eigenvalue weighted by Gasteiger charge is 2.33. The van der Waals surface area contributed by atoms with Gasteiger partial charge in [0.15, 0.2) is 0 Å². The third-order valence-corrected chi connectivity index (χ3v) is 7.68. The highest BCUT2D eigenvalue weighted by molar-refractivity contribution is 7.89. The third-order valence-electron chi connectivity index (χ3n) is 3.97. The first-order chi connectivity index (χ1) is 11.1. The molecule has 1 fully saturated rings. The number of aliphatic carboxylic acids is 1. The Hall–Kier alpha value is -1.49. The lowest BCUT2D eigenvalue weighted by Gasteiger charge is -2.29. The van der Waals surface area contributed by atoms with Crippen molar-refractivity contribution in [2.75, 3.05) is 27.2 Å². The van der Waals surface area contributed by atoms with Crippen molar-refractivity contribution in [2.24, 2.45) is 5.92 Å². The zero-order valence-corrected chi connectivity index (χ0v) is 15.0. The molecule has 0 aromatic heterocycles. The van der Waals surface area contributed by atoms with Crippen molar-refractivity contribution in [1.82, 2.24) is 8.61 Å². The van der Waals surface area contributed by atoms with Crippen LogP contribution in [-0.4, -0.2) is 63.7 Å². The van der Waals surface area contributed by atoms with Gasteiger partial charge in [-0.2, -0.15) is 4.31 Å². The van der Waals surface area contributed by atoms with Crippen molar-refractivity contribution in [3.8, 4) is 0 Å². The maximum Gasteiger partial charge on any atom is 0.307 e. The van der Waals surface area contributed by atoms with Crippen molar-refractivity contribution in [3.05, 3.63) is 24.3 Å². The van der Waals surface area contributed by atoms with Crippen LogP contribution in [0.5, 0.6) is 0 Å². The van der Waals surface area contributed by atoms with Gasteiger partial charge in [-0.05, 0) is 37.1 Å². The van der Waals surface area contributed by atoms with Crippen LogP contribution in [0, 0.1) is 5.92 Å². The molecule has 0 bridgehead atoms. The molecule has 1 heterocycles. The molecule has 0 radical (unpaired) electrons. The average Bonchev–Trinajstić information content (AvgIpc) is 2.54. The van der Waals surface area contributed by atoms with Gasteiger partial charge in [0.1, 0.15) is 0 Å². The number of hydrogen-bond donors (Lipinski definition) is 1. The van der Waals surface area contributed by atoms with Crippen molar-refractivity contribution in [3.63, 3.8) is 0 Å². The number of carboxylic acid groups (broad SMARTS) is 1. The fraction of sp³-hybridized carbons (Fsp3) is 0.500. The molecule has 24 heavy (non-hydrogen) atoms. The summed E-state index contributed by atoms with van der Waals surface area (Å²) in [7, 11) is -4.71. The molecule has 0 aliphatic carbocycles. The molecule has 1 N–H and O–H groups in total. The summed E-state index contributed by atoms with van der Waals surface area (Å²) in [6.45, 7) is 0.180. The Labute approximate surface area is 141 Å². The highest BCUT2D eigenvalue weighted by atomic mass is 32.2. The quantitative estimate of drug-likeness (QED) is 0.797. The number of carbonyl (C=O) groups is 1. The van der Waals surface area contributed by atoms with E-state index in [9.17, 15) is 21.6 Å². The molecule has 10 heteroatoms. The van der Waals surface area contributed by atoms with Gasteiger partial charge >= 0.3 is 5.97 Å². The Morgan fingerprint density at radius 1 is 1.12 bits per heavy atom. The van der Waals surface area contributed by atoms with Gasteiger partial charge < -0.3 is 5.11 Å². The fourth-order valence-corrected chi connectivity index (χ4v) is 4.93. The number of nitrogens with zero attached hydrogens (tertiary/aromatic N) is 2. The lowest BCUT2D eigenvalue weighted by Crippen LogP contribution is -2.42. The number of carboxylic acids is 1. The van der Waals surface area contributed by atoms with Crippen LogP contribution in [0.3, 0.4) is 0 Å². The average molecular weight is 376 g/mol. The Balaban J connectivity index is 2.29.